The highest BCUT2D eigenvalue weighted by Crippen LogP contribution is 2.18. The second-order valence-corrected chi connectivity index (χ2v) is 5.10. The van der Waals surface area contributed by atoms with E-state index in [9.17, 15) is 4.79 Å². The average Bonchev–Trinajstić information content (AvgIpc) is 3.20. The lowest BCUT2D eigenvalue weighted by molar-refractivity contribution is 0.0946. The Hall–Kier alpha value is -2.89. The van der Waals surface area contributed by atoms with E-state index in [1.165, 1.54) is 6.26 Å². The molecule has 0 atom stereocenters. The van der Waals surface area contributed by atoms with Gasteiger partial charge in [-0.05, 0) is 25.5 Å². The van der Waals surface area contributed by atoms with Crippen molar-refractivity contribution in [3.8, 4) is 11.5 Å². The number of aryl methyl sites for hydroxylation is 2. The van der Waals surface area contributed by atoms with Gasteiger partial charge in [-0.25, -0.2) is 4.98 Å². The number of carbonyl (C=O) groups excluding carboxylic acids is 1. The zero-order valence-corrected chi connectivity index (χ0v) is 13.0. The molecule has 118 valence electrons. The van der Waals surface area contributed by atoms with E-state index >= 15 is 0 Å². The van der Waals surface area contributed by atoms with Gasteiger partial charge in [-0.15, -0.1) is 0 Å². The molecule has 2 aromatic heterocycles. The molecule has 2 heterocycles. The maximum atomic E-state index is 12.2. The van der Waals surface area contributed by atoms with Crippen LogP contribution in [0.3, 0.4) is 0 Å². The molecule has 0 aliphatic rings. The Morgan fingerprint density at radius 1 is 1.26 bits per heavy atom. The van der Waals surface area contributed by atoms with Gasteiger partial charge < -0.3 is 14.3 Å². The zero-order valence-electron chi connectivity index (χ0n) is 13.0. The molecule has 3 rings (SSSR count). The Kier molecular flexibility index (Phi) is 4.23. The highest BCUT2D eigenvalue weighted by molar-refractivity contribution is 5.92. The normalized spacial score (nSPS) is 10.7. The van der Waals surface area contributed by atoms with Gasteiger partial charge in [-0.2, -0.15) is 0 Å². The molecule has 0 saturated heterocycles. The lowest BCUT2D eigenvalue weighted by Gasteiger charge is -2.02. The first-order valence-corrected chi connectivity index (χ1v) is 7.42. The van der Waals surface area contributed by atoms with Crippen molar-refractivity contribution < 1.29 is 13.7 Å². The van der Waals surface area contributed by atoms with E-state index in [2.05, 4.69) is 15.5 Å². The van der Waals surface area contributed by atoms with Crippen LogP contribution in [0.5, 0.6) is 0 Å². The van der Waals surface area contributed by atoms with E-state index in [1.807, 2.05) is 44.2 Å². The standard InChI is InChI=1S/C17H17N3O3/c1-3-14-13(11(2)23-20-14)9-18-16(21)15-10-22-17(19-15)12-7-5-4-6-8-12/h4-8,10H,3,9H2,1-2H3,(H,18,21). The summed E-state index contributed by atoms with van der Waals surface area (Å²) in [5.41, 5.74) is 2.84. The molecule has 6 heteroatoms. The number of oxazole rings is 1. The van der Waals surface area contributed by atoms with Crippen molar-refractivity contribution >= 4 is 5.91 Å². The first-order chi connectivity index (χ1) is 11.2. The molecule has 3 aromatic rings. The van der Waals surface area contributed by atoms with Gasteiger partial charge in [0.25, 0.3) is 5.91 Å². The van der Waals surface area contributed by atoms with Crippen molar-refractivity contribution in [3.05, 3.63) is 59.3 Å². The highest BCUT2D eigenvalue weighted by atomic mass is 16.5. The first-order valence-electron chi connectivity index (χ1n) is 7.42. The lowest BCUT2D eigenvalue weighted by Crippen LogP contribution is -2.23. The van der Waals surface area contributed by atoms with Crippen molar-refractivity contribution in [2.75, 3.05) is 0 Å². The molecule has 0 spiro atoms. The van der Waals surface area contributed by atoms with Crippen molar-refractivity contribution in [2.24, 2.45) is 0 Å². The van der Waals surface area contributed by atoms with Crippen molar-refractivity contribution in [3.63, 3.8) is 0 Å². The minimum atomic E-state index is -0.293. The number of benzene rings is 1. The summed E-state index contributed by atoms with van der Waals surface area (Å²) in [7, 11) is 0. The number of carbonyl (C=O) groups is 1. The van der Waals surface area contributed by atoms with E-state index in [-0.39, 0.29) is 11.6 Å². The van der Waals surface area contributed by atoms with E-state index in [0.717, 1.165) is 23.2 Å². The maximum Gasteiger partial charge on any atom is 0.273 e. The summed E-state index contributed by atoms with van der Waals surface area (Å²) >= 11 is 0. The van der Waals surface area contributed by atoms with Gasteiger partial charge in [0.2, 0.25) is 5.89 Å². The fraction of sp³-hybridized carbons (Fsp3) is 0.235. The highest BCUT2D eigenvalue weighted by Gasteiger charge is 2.16. The van der Waals surface area contributed by atoms with Gasteiger partial charge in [0.1, 0.15) is 12.0 Å². The number of aromatic nitrogens is 2. The molecule has 6 nitrogen and oxygen atoms in total. The second kappa shape index (κ2) is 6.48. The molecular formula is C17H17N3O3. The van der Waals surface area contributed by atoms with Crippen LogP contribution < -0.4 is 5.32 Å². The summed E-state index contributed by atoms with van der Waals surface area (Å²) in [4.78, 5) is 16.4. The van der Waals surface area contributed by atoms with Crippen LogP contribution in [0.25, 0.3) is 11.5 Å². The Balaban J connectivity index is 1.70. The lowest BCUT2D eigenvalue weighted by atomic mass is 10.1. The fourth-order valence-electron chi connectivity index (χ4n) is 2.29. The maximum absolute atomic E-state index is 12.2. The molecule has 1 aromatic carbocycles. The van der Waals surface area contributed by atoms with Gasteiger partial charge in [0.05, 0.1) is 5.69 Å². The third-order valence-electron chi connectivity index (χ3n) is 3.58. The summed E-state index contributed by atoms with van der Waals surface area (Å²) in [6, 6.07) is 9.44. The third-order valence-corrected chi connectivity index (χ3v) is 3.58. The van der Waals surface area contributed by atoms with Crippen LogP contribution in [0.2, 0.25) is 0 Å². The van der Waals surface area contributed by atoms with Crippen LogP contribution in [0.15, 0.2) is 45.5 Å². The molecule has 0 aliphatic carbocycles. The molecular weight excluding hydrogens is 294 g/mol. The number of hydrogen-bond donors (Lipinski definition) is 1. The van der Waals surface area contributed by atoms with Gasteiger partial charge in [-0.3, -0.25) is 4.79 Å². The molecule has 0 bridgehead atoms. The summed E-state index contributed by atoms with van der Waals surface area (Å²) in [5, 5.41) is 6.79. The van der Waals surface area contributed by atoms with Crippen molar-refractivity contribution in [2.45, 2.75) is 26.8 Å². The Morgan fingerprint density at radius 2 is 2.04 bits per heavy atom. The van der Waals surface area contributed by atoms with E-state index in [4.69, 9.17) is 8.94 Å². The molecule has 23 heavy (non-hydrogen) atoms. The van der Waals surface area contributed by atoms with Crippen LogP contribution in [-0.2, 0) is 13.0 Å². The molecule has 0 radical (unpaired) electrons. The summed E-state index contributed by atoms with van der Waals surface area (Å²) in [6.07, 6.45) is 2.11. The van der Waals surface area contributed by atoms with Crippen molar-refractivity contribution in [1.82, 2.24) is 15.5 Å². The summed E-state index contributed by atoms with van der Waals surface area (Å²) < 4.78 is 10.5. The number of rotatable bonds is 5. The Labute approximate surface area is 133 Å². The monoisotopic (exact) mass is 311 g/mol. The molecule has 0 saturated carbocycles. The predicted octanol–water partition coefficient (Wildman–Crippen LogP) is 3.13. The number of nitrogens with one attached hydrogen (secondary N) is 1. The van der Waals surface area contributed by atoms with Crippen LogP contribution in [0.1, 0.15) is 34.4 Å². The third kappa shape index (κ3) is 3.15. The number of amides is 1. The molecule has 0 fully saturated rings. The van der Waals surface area contributed by atoms with E-state index in [0.29, 0.717) is 18.2 Å². The zero-order chi connectivity index (χ0) is 16.2. The average molecular weight is 311 g/mol. The van der Waals surface area contributed by atoms with Gasteiger partial charge in [-0.1, -0.05) is 30.3 Å². The second-order valence-electron chi connectivity index (χ2n) is 5.10. The largest absolute Gasteiger partial charge is 0.444 e. The Morgan fingerprint density at radius 3 is 2.78 bits per heavy atom. The Bertz CT molecular complexity index is 806. The van der Waals surface area contributed by atoms with Crippen LogP contribution in [0.4, 0.5) is 0 Å². The number of hydrogen-bond acceptors (Lipinski definition) is 5. The quantitative estimate of drug-likeness (QED) is 0.783. The fourth-order valence-corrected chi connectivity index (χ4v) is 2.29. The van der Waals surface area contributed by atoms with Crippen LogP contribution in [0, 0.1) is 6.92 Å². The van der Waals surface area contributed by atoms with Crippen molar-refractivity contribution in [1.29, 1.82) is 0 Å². The van der Waals surface area contributed by atoms with E-state index in [1.54, 1.807) is 0 Å². The molecule has 1 N–H and O–H groups in total. The minimum absolute atomic E-state index is 0.246. The molecule has 0 aliphatic heterocycles. The minimum Gasteiger partial charge on any atom is -0.444 e. The van der Waals surface area contributed by atoms with E-state index < -0.39 is 0 Å². The van der Waals surface area contributed by atoms with Crippen LogP contribution in [-0.4, -0.2) is 16.0 Å². The topological polar surface area (TPSA) is 81.2 Å². The smallest absolute Gasteiger partial charge is 0.273 e. The summed E-state index contributed by atoms with van der Waals surface area (Å²) in [5.74, 6) is 0.844. The van der Waals surface area contributed by atoms with Crippen LogP contribution >= 0.6 is 0 Å². The molecule has 0 unspecified atom stereocenters. The first kappa shape index (κ1) is 15.0. The SMILES string of the molecule is CCc1noc(C)c1CNC(=O)c1coc(-c2ccccc2)n1. The predicted molar refractivity (Wildman–Crippen MR) is 83.7 cm³/mol. The van der Waals surface area contributed by atoms with Gasteiger partial charge in [0, 0.05) is 17.7 Å². The summed E-state index contributed by atoms with van der Waals surface area (Å²) in [6.45, 7) is 4.18. The number of nitrogens with zero attached hydrogens (tertiary/aromatic N) is 2. The van der Waals surface area contributed by atoms with Gasteiger partial charge in [0.15, 0.2) is 5.69 Å². The van der Waals surface area contributed by atoms with Gasteiger partial charge >= 0.3 is 0 Å². The molecule has 1 amide bonds.